The minimum atomic E-state index is -0.0405. The van der Waals surface area contributed by atoms with Gasteiger partial charge in [0.1, 0.15) is 0 Å². The molecule has 1 unspecified atom stereocenters. The summed E-state index contributed by atoms with van der Waals surface area (Å²) in [4.78, 5) is 16.5. The molecule has 1 N–H and O–H groups in total. The van der Waals surface area contributed by atoms with Gasteiger partial charge in [0.05, 0.1) is 12.2 Å². The lowest BCUT2D eigenvalue weighted by Crippen LogP contribution is -2.26. The van der Waals surface area contributed by atoms with Crippen LogP contribution in [0.1, 0.15) is 42.0 Å². The molecule has 1 aromatic heterocycles. The van der Waals surface area contributed by atoms with Gasteiger partial charge in [-0.2, -0.15) is 0 Å². The average molecular weight is 427 g/mol. The molecule has 4 nitrogen and oxygen atoms in total. The zero-order valence-corrected chi connectivity index (χ0v) is 17.3. The zero-order chi connectivity index (χ0) is 19.4. The van der Waals surface area contributed by atoms with Crippen molar-refractivity contribution >= 4 is 21.8 Å². The average Bonchev–Trinajstić information content (AvgIpc) is 3.12. The smallest absolute Gasteiger partial charge is 0.220 e. The first-order valence-corrected chi connectivity index (χ1v) is 9.79. The molecule has 0 radical (unpaired) electrons. The second-order valence-corrected chi connectivity index (χ2v) is 7.67. The molecule has 5 heteroatoms. The molecule has 0 saturated heterocycles. The monoisotopic (exact) mass is 426 g/mol. The predicted octanol–water partition coefficient (Wildman–Crippen LogP) is 5.53. The SMILES string of the molecule is Cc1ccc(-c2cnc(CCC(=O)NC(C)c3ccc(Br)cc3)o2)cc1C. The third kappa shape index (κ3) is 5.07. The van der Waals surface area contributed by atoms with Gasteiger partial charge < -0.3 is 9.73 Å². The molecule has 0 aliphatic rings. The Labute approximate surface area is 168 Å². The van der Waals surface area contributed by atoms with Crippen molar-refractivity contribution in [2.24, 2.45) is 0 Å². The number of nitrogens with one attached hydrogen (secondary N) is 1. The van der Waals surface area contributed by atoms with Crippen LogP contribution in [-0.2, 0) is 11.2 Å². The van der Waals surface area contributed by atoms with Crippen LogP contribution in [0.15, 0.2) is 57.6 Å². The fourth-order valence-electron chi connectivity index (χ4n) is 2.82. The Kier molecular flexibility index (Phi) is 6.11. The summed E-state index contributed by atoms with van der Waals surface area (Å²) in [6, 6.07) is 14.1. The van der Waals surface area contributed by atoms with Crippen molar-refractivity contribution in [3.63, 3.8) is 0 Å². The highest BCUT2D eigenvalue weighted by molar-refractivity contribution is 9.10. The Morgan fingerprint density at radius 3 is 2.59 bits per heavy atom. The van der Waals surface area contributed by atoms with Crippen LogP contribution in [0.2, 0.25) is 0 Å². The molecule has 3 aromatic rings. The van der Waals surface area contributed by atoms with Crippen LogP contribution in [0, 0.1) is 13.8 Å². The summed E-state index contributed by atoms with van der Waals surface area (Å²) in [5.41, 5.74) is 4.53. The van der Waals surface area contributed by atoms with E-state index < -0.39 is 0 Å². The molecule has 0 aliphatic carbocycles. The predicted molar refractivity (Wildman–Crippen MR) is 110 cm³/mol. The molecule has 0 fully saturated rings. The lowest BCUT2D eigenvalue weighted by atomic mass is 10.1. The summed E-state index contributed by atoms with van der Waals surface area (Å²) in [7, 11) is 0. The van der Waals surface area contributed by atoms with Gasteiger partial charge in [-0.25, -0.2) is 4.98 Å². The molecule has 1 atom stereocenters. The Balaban J connectivity index is 1.55. The van der Waals surface area contributed by atoms with Gasteiger partial charge in [0, 0.05) is 22.9 Å². The van der Waals surface area contributed by atoms with E-state index in [4.69, 9.17) is 4.42 Å². The minimum Gasteiger partial charge on any atom is -0.441 e. The summed E-state index contributed by atoms with van der Waals surface area (Å²) in [5, 5.41) is 3.01. The van der Waals surface area contributed by atoms with Crippen LogP contribution >= 0.6 is 15.9 Å². The number of aromatic nitrogens is 1. The van der Waals surface area contributed by atoms with Gasteiger partial charge in [0.15, 0.2) is 11.7 Å². The maximum absolute atomic E-state index is 12.2. The fraction of sp³-hybridized carbons (Fsp3) is 0.273. The van der Waals surface area contributed by atoms with E-state index >= 15 is 0 Å². The number of oxazole rings is 1. The molecule has 0 spiro atoms. The number of hydrogen-bond acceptors (Lipinski definition) is 3. The van der Waals surface area contributed by atoms with Gasteiger partial charge in [-0.1, -0.05) is 40.2 Å². The standard InChI is InChI=1S/C22H23BrN2O2/c1-14-4-5-18(12-15(14)2)20-13-24-22(27-20)11-10-21(26)25-16(3)17-6-8-19(23)9-7-17/h4-9,12-13,16H,10-11H2,1-3H3,(H,25,26). The number of amides is 1. The van der Waals surface area contributed by atoms with Crippen molar-refractivity contribution in [3.8, 4) is 11.3 Å². The normalized spacial score (nSPS) is 12.0. The minimum absolute atomic E-state index is 0.0173. The van der Waals surface area contributed by atoms with Crippen molar-refractivity contribution in [1.29, 1.82) is 0 Å². The summed E-state index contributed by atoms with van der Waals surface area (Å²) in [6.07, 6.45) is 2.54. The maximum atomic E-state index is 12.2. The molecule has 1 heterocycles. The number of rotatable bonds is 6. The van der Waals surface area contributed by atoms with Crippen molar-refractivity contribution in [2.75, 3.05) is 0 Å². The van der Waals surface area contributed by atoms with Crippen molar-refractivity contribution in [2.45, 2.75) is 39.7 Å². The summed E-state index contributed by atoms with van der Waals surface area (Å²) in [5.74, 6) is 1.29. The van der Waals surface area contributed by atoms with Gasteiger partial charge in [-0.3, -0.25) is 4.79 Å². The topological polar surface area (TPSA) is 55.1 Å². The molecule has 0 aliphatic heterocycles. The number of nitrogens with zero attached hydrogens (tertiary/aromatic N) is 1. The van der Waals surface area contributed by atoms with E-state index in [2.05, 4.69) is 52.2 Å². The van der Waals surface area contributed by atoms with Crippen LogP contribution in [-0.4, -0.2) is 10.9 Å². The molecular weight excluding hydrogens is 404 g/mol. The van der Waals surface area contributed by atoms with Gasteiger partial charge in [-0.15, -0.1) is 0 Å². The van der Waals surface area contributed by atoms with Crippen molar-refractivity contribution in [1.82, 2.24) is 10.3 Å². The highest BCUT2D eigenvalue weighted by atomic mass is 79.9. The number of benzene rings is 2. The van der Waals surface area contributed by atoms with Gasteiger partial charge >= 0.3 is 0 Å². The first-order chi connectivity index (χ1) is 12.9. The van der Waals surface area contributed by atoms with E-state index in [-0.39, 0.29) is 11.9 Å². The fourth-order valence-corrected chi connectivity index (χ4v) is 3.09. The third-order valence-electron chi connectivity index (χ3n) is 4.66. The second kappa shape index (κ2) is 8.53. The molecular formula is C22H23BrN2O2. The number of aryl methyl sites for hydroxylation is 3. The highest BCUT2D eigenvalue weighted by Crippen LogP contribution is 2.23. The van der Waals surface area contributed by atoms with E-state index in [1.807, 2.05) is 37.3 Å². The van der Waals surface area contributed by atoms with E-state index in [1.54, 1.807) is 6.20 Å². The number of hydrogen-bond donors (Lipinski definition) is 1. The lowest BCUT2D eigenvalue weighted by Gasteiger charge is -2.14. The quantitative estimate of drug-likeness (QED) is 0.563. The molecule has 27 heavy (non-hydrogen) atoms. The van der Waals surface area contributed by atoms with Crippen LogP contribution in [0.4, 0.5) is 0 Å². The van der Waals surface area contributed by atoms with E-state index in [0.29, 0.717) is 18.7 Å². The van der Waals surface area contributed by atoms with Gasteiger partial charge in [0.2, 0.25) is 5.91 Å². The van der Waals surface area contributed by atoms with E-state index in [1.165, 1.54) is 11.1 Å². The lowest BCUT2D eigenvalue weighted by molar-refractivity contribution is -0.121. The highest BCUT2D eigenvalue weighted by Gasteiger charge is 2.12. The first-order valence-electron chi connectivity index (χ1n) is 8.99. The number of halogens is 1. The number of carbonyl (C=O) groups is 1. The van der Waals surface area contributed by atoms with E-state index in [0.717, 1.165) is 21.4 Å². The zero-order valence-electron chi connectivity index (χ0n) is 15.8. The van der Waals surface area contributed by atoms with Crippen LogP contribution in [0.3, 0.4) is 0 Å². The van der Waals surface area contributed by atoms with Gasteiger partial charge in [0.25, 0.3) is 0 Å². The molecule has 0 saturated carbocycles. The Morgan fingerprint density at radius 1 is 1.15 bits per heavy atom. The first kappa shape index (κ1) is 19.4. The summed E-state index contributed by atoms with van der Waals surface area (Å²) in [6.45, 7) is 6.13. The summed E-state index contributed by atoms with van der Waals surface area (Å²) < 4.78 is 6.84. The van der Waals surface area contributed by atoms with Crippen molar-refractivity contribution < 1.29 is 9.21 Å². The Hall–Kier alpha value is -2.40. The van der Waals surface area contributed by atoms with Crippen LogP contribution in [0.5, 0.6) is 0 Å². The second-order valence-electron chi connectivity index (χ2n) is 6.76. The molecule has 1 amide bonds. The maximum Gasteiger partial charge on any atom is 0.220 e. The molecule has 2 aromatic carbocycles. The number of carbonyl (C=O) groups excluding carboxylic acids is 1. The molecule has 3 rings (SSSR count). The van der Waals surface area contributed by atoms with E-state index in [9.17, 15) is 4.79 Å². The van der Waals surface area contributed by atoms with Gasteiger partial charge in [-0.05, 0) is 55.7 Å². The molecule has 140 valence electrons. The Morgan fingerprint density at radius 2 is 1.89 bits per heavy atom. The summed E-state index contributed by atoms with van der Waals surface area (Å²) >= 11 is 3.42. The van der Waals surface area contributed by atoms with Crippen LogP contribution < -0.4 is 5.32 Å². The Bertz CT molecular complexity index is 932. The third-order valence-corrected chi connectivity index (χ3v) is 5.19. The van der Waals surface area contributed by atoms with Crippen LogP contribution in [0.25, 0.3) is 11.3 Å². The largest absolute Gasteiger partial charge is 0.441 e. The van der Waals surface area contributed by atoms with Crippen molar-refractivity contribution in [3.05, 3.63) is 75.7 Å². The molecule has 0 bridgehead atoms.